The number of aromatic nitrogens is 2. The van der Waals surface area contributed by atoms with E-state index in [1.807, 2.05) is 31.3 Å². The molecule has 0 aliphatic rings. The Kier molecular flexibility index (Phi) is 3.66. The van der Waals surface area contributed by atoms with Gasteiger partial charge in [0.05, 0.1) is 18.4 Å². The molecule has 84 valence electrons. The maximum atomic E-state index is 4.15. The Hall–Kier alpha value is -0.810. The number of imidazole rings is 1. The fourth-order valence-corrected chi connectivity index (χ4v) is 2.57. The first kappa shape index (κ1) is 11.7. The van der Waals surface area contributed by atoms with Crippen LogP contribution < -0.4 is 5.32 Å². The second-order valence-electron chi connectivity index (χ2n) is 3.47. The van der Waals surface area contributed by atoms with E-state index in [1.165, 1.54) is 0 Å². The van der Waals surface area contributed by atoms with Gasteiger partial charge in [-0.2, -0.15) is 0 Å². The van der Waals surface area contributed by atoms with E-state index in [0.29, 0.717) is 0 Å². The second-order valence-corrected chi connectivity index (χ2v) is 5.24. The van der Waals surface area contributed by atoms with E-state index in [0.717, 1.165) is 32.7 Å². The Balaban J connectivity index is 2.04. The number of hydrogen-bond acceptors (Lipinski definition) is 2. The highest BCUT2D eigenvalue weighted by Crippen LogP contribution is 2.26. The van der Waals surface area contributed by atoms with Crippen LogP contribution in [0, 0.1) is 6.92 Å². The van der Waals surface area contributed by atoms with Crippen molar-refractivity contribution in [3.63, 3.8) is 0 Å². The zero-order chi connectivity index (χ0) is 11.5. The van der Waals surface area contributed by atoms with E-state index in [4.69, 9.17) is 0 Å². The zero-order valence-corrected chi connectivity index (χ0v) is 11.9. The van der Waals surface area contributed by atoms with Gasteiger partial charge in [0.2, 0.25) is 0 Å². The monoisotopic (exact) mass is 343 g/mol. The molecule has 5 heteroatoms. The van der Waals surface area contributed by atoms with E-state index >= 15 is 0 Å². The molecule has 0 unspecified atom stereocenters. The topological polar surface area (TPSA) is 40.7 Å². The number of benzene rings is 1. The van der Waals surface area contributed by atoms with Crippen LogP contribution in [0.5, 0.6) is 0 Å². The minimum absolute atomic E-state index is 0.737. The zero-order valence-electron chi connectivity index (χ0n) is 8.72. The number of hydrogen-bond donors (Lipinski definition) is 2. The number of H-pyrrole nitrogens is 1. The molecule has 0 amide bonds. The highest BCUT2D eigenvalue weighted by molar-refractivity contribution is 9.11. The number of nitrogens with zero attached hydrogens (tertiary/aromatic N) is 1. The first-order valence-corrected chi connectivity index (χ1v) is 6.43. The summed E-state index contributed by atoms with van der Waals surface area (Å²) in [4.78, 5) is 7.33. The first-order valence-electron chi connectivity index (χ1n) is 4.84. The van der Waals surface area contributed by atoms with Crippen LogP contribution in [0.2, 0.25) is 0 Å². The Bertz CT molecular complexity index is 494. The summed E-state index contributed by atoms with van der Waals surface area (Å²) in [6, 6.07) is 6.04. The van der Waals surface area contributed by atoms with Crippen LogP contribution in [-0.4, -0.2) is 9.97 Å². The lowest BCUT2D eigenvalue weighted by atomic mass is 10.3. The Labute approximate surface area is 111 Å². The van der Waals surface area contributed by atoms with E-state index in [9.17, 15) is 0 Å². The quantitative estimate of drug-likeness (QED) is 0.887. The molecule has 0 saturated carbocycles. The van der Waals surface area contributed by atoms with Crippen LogP contribution >= 0.6 is 31.9 Å². The molecule has 0 aliphatic heterocycles. The average Bonchev–Trinajstić information content (AvgIpc) is 2.63. The summed E-state index contributed by atoms with van der Waals surface area (Å²) in [5.74, 6) is 0.937. The molecule has 0 aliphatic carbocycles. The van der Waals surface area contributed by atoms with Crippen LogP contribution in [0.4, 0.5) is 5.69 Å². The maximum Gasteiger partial charge on any atom is 0.103 e. The van der Waals surface area contributed by atoms with Gasteiger partial charge in [0.15, 0.2) is 0 Å². The van der Waals surface area contributed by atoms with Gasteiger partial charge in [0.1, 0.15) is 5.82 Å². The van der Waals surface area contributed by atoms with Gasteiger partial charge in [-0.25, -0.2) is 4.98 Å². The molecule has 1 heterocycles. The molecule has 3 nitrogen and oxygen atoms in total. The van der Waals surface area contributed by atoms with E-state index in [-0.39, 0.29) is 0 Å². The lowest BCUT2D eigenvalue weighted by Crippen LogP contribution is -2.00. The normalized spacial score (nSPS) is 10.4. The highest BCUT2D eigenvalue weighted by Gasteiger charge is 2.01. The second kappa shape index (κ2) is 5.01. The molecular weight excluding hydrogens is 334 g/mol. The molecule has 0 fully saturated rings. The van der Waals surface area contributed by atoms with Gasteiger partial charge >= 0.3 is 0 Å². The van der Waals surface area contributed by atoms with Crippen LogP contribution in [0.15, 0.2) is 33.3 Å². The fourth-order valence-electron chi connectivity index (χ4n) is 1.38. The minimum atomic E-state index is 0.737. The molecule has 0 radical (unpaired) electrons. The van der Waals surface area contributed by atoms with Gasteiger partial charge in [0.25, 0.3) is 0 Å². The predicted molar refractivity (Wildman–Crippen MR) is 72.5 cm³/mol. The molecule has 2 aromatic rings. The van der Waals surface area contributed by atoms with E-state index in [1.54, 1.807) is 0 Å². The molecular formula is C11H11Br2N3. The summed E-state index contributed by atoms with van der Waals surface area (Å²) in [6.07, 6.45) is 1.84. The lowest BCUT2D eigenvalue weighted by molar-refractivity contribution is 1.05. The summed E-state index contributed by atoms with van der Waals surface area (Å²) < 4.78 is 2.10. The van der Waals surface area contributed by atoms with Gasteiger partial charge in [-0.1, -0.05) is 15.9 Å². The smallest absolute Gasteiger partial charge is 0.103 e. The van der Waals surface area contributed by atoms with Crippen LogP contribution in [0.1, 0.15) is 11.5 Å². The molecule has 1 aromatic heterocycles. The lowest BCUT2D eigenvalue weighted by Gasteiger charge is -2.07. The number of anilines is 1. The number of aromatic amines is 1. The van der Waals surface area contributed by atoms with Crippen molar-refractivity contribution in [2.24, 2.45) is 0 Å². The van der Waals surface area contributed by atoms with Crippen molar-refractivity contribution < 1.29 is 0 Å². The van der Waals surface area contributed by atoms with Crippen molar-refractivity contribution in [2.45, 2.75) is 13.5 Å². The van der Waals surface area contributed by atoms with Gasteiger partial charge in [0, 0.05) is 14.6 Å². The fraction of sp³-hybridized carbons (Fsp3) is 0.182. The van der Waals surface area contributed by atoms with E-state index in [2.05, 4.69) is 47.1 Å². The van der Waals surface area contributed by atoms with E-state index < -0.39 is 0 Å². The average molecular weight is 345 g/mol. The van der Waals surface area contributed by atoms with Crippen molar-refractivity contribution >= 4 is 37.5 Å². The molecule has 0 bridgehead atoms. The molecule has 1 aromatic carbocycles. The number of halogens is 2. The molecule has 2 N–H and O–H groups in total. The Morgan fingerprint density at radius 3 is 2.81 bits per heavy atom. The van der Waals surface area contributed by atoms with Crippen molar-refractivity contribution in [1.82, 2.24) is 9.97 Å². The van der Waals surface area contributed by atoms with Gasteiger partial charge < -0.3 is 10.3 Å². The van der Waals surface area contributed by atoms with Crippen LogP contribution in [-0.2, 0) is 6.54 Å². The molecule has 16 heavy (non-hydrogen) atoms. The molecule has 0 atom stereocenters. The highest BCUT2D eigenvalue weighted by atomic mass is 79.9. The Morgan fingerprint density at radius 2 is 2.19 bits per heavy atom. The van der Waals surface area contributed by atoms with Crippen LogP contribution in [0.3, 0.4) is 0 Å². The summed E-state index contributed by atoms with van der Waals surface area (Å²) in [5.41, 5.74) is 2.14. The SMILES string of the molecule is Cc1ncc(CNc2ccc(Br)cc2Br)[nH]1. The standard InChI is InChI=1S/C11H11Br2N3/c1-7-14-5-9(16-7)6-15-11-3-2-8(12)4-10(11)13/h2-5,15H,6H2,1H3,(H,14,16). The third kappa shape index (κ3) is 2.86. The number of rotatable bonds is 3. The summed E-state index contributed by atoms with van der Waals surface area (Å²) >= 11 is 6.93. The minimum Gasteiger partial charge on any atom is -0.379 e. The van der Waals surface area contributed by atoms with Crippen LogP contribution in [0.25, 0.3) is 0 Å². The van der Waals surface area contributed by atoms with Gasteiger partial charge in [-0.05, 0) is 41.1 Å². The van der Waals surface area contributed by atoms with Gasteiger partial charge in [-0.3, -0.25) is 0 Å². The number of nitrogens with one attached hydrogen (secondary N) is 2. The predicted octanol–water partition coefficient (Wildman–Crippen LogP) is 3.86. The largest absolute Gasteiger partial charge is 0.379 e. The third-order valence-corrected chi connectivity index (χ3v) is 3.31. The third-order valence-electron chi connectivity index (χ3n) is 2.16. The summed E-state index contributed by atoms with van der Waals surface area (Å²) in [5, 5.41) is 3.33. The molecule has 0 saturated heterocycles. The van der Waals surface area contributed by atoms with Gasteiger partial charge in [-0.15, -0.1) is 0 Å². The van der Waals surface area contributed by atoms with Crippen molar-refractivity contribution in [1.29, 1.82) is 0 Å². The molecule has 2 rings (SSSR count). The number of aryl methyl sites for hydroxylation is 1. The van der Waals surface area contributed by atoms with Crippen molar-refractivity contribution in [2.75, 3.05) is 5.32 Å². The summed E-state index contributed by atoms with van der Waals surface area (Å²) in [6.45, 7) is 2.68. The summed E-state index contributed by atoms with van der Waals surface area (Å²) in [7, 11) is 0. The molecule has 0 spiro atoms. The van der Waals surface area contributed by atoms with Crippen molar-refractivity contribution in [3.05, 3.63) is 44.9 Å². The maximum absolute atomic E-state index is 4.15. The Morgan fingerprint density at radius 1 is 1.38 bits per heavy atom. The first-order chi connectivity index (χ1) is 7.65. The van der Waals surface area contributed by atoms with Crippen molar-refractivity contribution in [3.8, 4) is 0 Å².